The van der Waals surface area contributed by atoms with E-state index < -0.39 is 33.3 Å². The number of rotatable bonds is 6. The Kier molecular flexibility index (Phi) is 6.16. The van der Waals surface area contributed by atoms with Crippen LogP contribution in [0.5, 0.6) is 0 Å². The molecule has 0 saturated heterocycles. The highest BCUT2D eigenvalue weighted by molar-refractivity contribution is 7.89. The van der Waals surface area contributed by atoms with Gasteiger partial charge in [-0.1, -0.05) is 41.9 Å². The summed E-state index contributed by atoms with van der Waals surface area (Å²) in [6, 6.07) is 10.8. The molecule has 0 heterocycles. The Morgan fingerprint density at radius 2 is 1.88 bits per heavy atom. The van der Waals surface area contributed by atoms with Crippen LogP contribution in [-0.4, -0.2) is 32.3 Å². The SMILES string of the molecule is COC(=O)CN(Cc1ccccc1C)S(=O)(=O)c1cccc(Cl)c1F. The van der Waals surface area contributed by atoms with Gasteiger partial charge in [-0.05, 0) is 30.2 Å². The lowest BCUT2D eigenvalue weighted by atomic mass is 10.1. The van der Waals surface area contributed by atoms with E-state index in [-0.39, 0.29) is 11.6 Å². The molecule has 0 unspecified atom stereocenters. The van der Waals surface area contributed by atoms with Gasteiger partial charge in [0.05, 0.1) is 12.1 Å². The number of methoxy groups -OCH3 is 1. The van der Waals surface area contributed by atoms with E-state index in [9.17, 15) is 17.6 Å². The molecular weight excluding hydrogens is 369 g/mol. The minimum Gasteiger partial charge on any atom is -0.468 e. The van der Waals surface area contributed by atoms with E-state index in [2.05, 4.69) is 4.74 Å². The van der Waals surface area contributed by atoms with Gasteiger partial charge in [0.25, 0.3) is 0 Å². The van der Waals surface area contributed by atoms with Crippen LogP contribution in [-0.2, 0) is 26.1 Å². The summed E-state index contributed by atoms with van der Waals surface area (Å²) in [6.45, 7) is 1.17. The summed E-state index contributed by atoms with van der Waals surface area (Å²) >= 11 is 5.69. The molecule has 134 valence electrons. The van der Waals surface area contributed by atoms with Crippen molar-refractivity contribution in [3.05, 3.63) is 64.4 Å². The fourth-order valence-corrected chi connectivity index (χ4v) is 3.91. The predicted octanol–water partition coefficient (Wildman–Crippen LogP) is 3.15. The molecule has 0 aliphatic carbocycles. The smallest absolute Gasteiger partial charge is 0.321 e. The molecule has 0 radical (unpaired) electrons. The Bertz CT molecular complexity index is 886. The number of nitrogens with zero attached hydrogens (tertiary/aromatic N) is 1. The van der Waals surface area contributed by atoms with Crippen LogP contribution in [0.1, 0.15) is 11.1 Å². The van der Waals surface area contributed by atoms with E-state index in [1.807, 2.05) is 19.1 Å². The number of hydrogen-bond donors (Lipinski definition) is 0. The van der Waals surface area contributed by atoms with E-state index in [0.717, 1.165) is 23.0 Å². The first kappa shape index (κ1) is 19.4. The summed E-state index contributed by atoms with van der Waals surface area (Å²) in [4.78, 5) is 11.1. The number of halogens is 2. The third-order valence-electron chi connectivity index (χ3n) is 3.68. The highest BCUT2D eigenvalue weighted by atomic mass is 35.5. The van der Waals surface area contributed by atoms with E-state index in [1.165, 1.54) is 12.1 Å². The van der Waals surface area contributed by atoms with Gasteiger partial charge in [-0.25, -0.2) is 12.8 Å². The predicted molar refractivity (Wildman–Crippen MR) is 92.2 cm³/mol. The summed E-state index contributed by atoms with van der Waals surface area (Å²) in [6.07, 6.45) is 0. The zero-order valence-corrected chi connectivity index (χ0v) is 15.3. The number of benzene rings is 2. The normalized spacial score (nSPS) is 11.6. The van der Waals surface area contributed by atoms with Crippen molar-refractivity contribution in [2.75, 3.05) is 13.7 Å². The zero-order chi connectivity index (χ0) is 18.6. The van der Waals surface area contributed by atoms with Crippen molar-refractivity contribution in [3.8, 4) is 0 Å². The fourth-order valence-electron chi connectivity index (χ4n) is 2.23. The van der Waals surface area contributed by atoms with Crippen LogP contribution in [0.4, 0.5) is 4.39 Å². The highest BCUT2D eigenvalue weighted by Gasteiger charge is 2.30. The molecule has 2 aromatic rings. The Morgan fingerprint density at radius 1 is 1.20 bits per heavy atom. The second-order valence-electron chi connectivity index (χ2n) is 5.33. The van der Waals surface area contributed by atoms with E-state index in [0.29, 0.717) is 5.56 Å². The van der Waals surface area contributed by atoms with Gasteiger partial charge < -0.3 is 4.74 Å². The van der Waals surface area contributed by atoms with Gasteiger partial charge >= 0.3 is 5.97 Å². The molecular formula is C17H17ClFNO4S. The molecule has 25 heavy (non-hydrogen) atoms. The second kappa shape index (κ2) is 7.95. The number of hydrogen-bond acceptors (Lipinski definition) is 4. The van der Waals surface area contributed by atoms with Crippen molar-refractivity contribution in [1.82, 2.24) is 4.31 Å². The van der Waals surface area contributed by atoms with Crippen LogP contribution >= 0.6 is 11.6 Å². The topological polar surface area (TPSA) is 63.7 Å². The molecule has 0 saturated carbocycles. The average Bonchev–Trinajstić information content (AvgIpc) is 2.58. The lowest BCUT2D eigenvalue weighted by Crippen LogP contribution is -2.36. The molecule has 8 heteroatoms. The van der Waals surface area contributed by atoms with Crippen LogP contribution < -0.4 is 0 Å². The van der Waals surface area contributed by atoms with Gasteiger partial charge in [-0.15, -0.1) is 0 Å². The van der Waals surface area contributed by atoms with Gasteiger partial charge in [-0.3, -0.25) is 4.79 Å². The first-order valence-corrected chi connectivity index (χ1v) is 9.14. The number of aryl methyl sites for hydroxylation is 1. The Balaban J connectivity index is 2.48. The largest absolute Gasteiger partial charge is 0.468 e. The number of esters is 1. The van der Waals surface area contributed by atoms with Crippen molar-refractivity contribution in [3.63, 3.8) is 0 Å². The maximum absolute atomic E-state index is 14.2. The fraction of sp³-hybridized carbons (Fsp3) is 0.235. The molecule has 2 aromatic carbocycles. The van der Waals surface area contributed by atoms with Gasteiger partial charge in [0.15, 0.2) is 5.82 Å². The van der Waals surface area contributed by atoms with Crippen LogP contribution in [0.3, 0.4) is 0 Å². The van der Waals surface area contributed by atoms with Gasteiger partial charge in [0.2, 0.25) is 10.0 Å². The molecule has 0 amide bonds. The second-order valence-corrected chi connectivity index (χ2v) is 7.64. The standard InChI is InChI=1S/C17H17ClFNO4S/c1-12-6-3-4-7-13(12)10-20(11-16(21)24-2)25(22,23)15-9-5-8-14(18)17(15)19/h3-9H,10-11H2,1-2H3. The highest BCUT2D eigenvalue weighted by Crippen LogP contribution is 2.26. The number of carbonyl (C=O) groups is 1. The quantitative estimate of drug-likeness (QED) is 0.716. The Hall–Kier alpha value is -1.96. The van der Waals surface area contributed by atoms with Crippen molar-refractivity contribution in [2.24, 2.45) is 0 Å². The zero-order valence-electron chi connectivity index (χ0n) is 13.7. The summed E-state index contributed by atoms with van der Waals surface area (Å²) in [7, 11) is -3.15. The molecule has 2 rings (SSSR count). The van der Waals surface area contributed by atoms with E-state index in [1.54, 1.807) is 12.1 Å². The van der Waals surface area contributed by atoms with Crippen molar-refractivity contribution in [2.45, 2.75) is 18.4 Å². The van der Waals surface area contributed by atoms with Crippen LogP contribution in [0, 0.1) is 12.7 Å². The lowest BCUT2D eigenvalue weighted by molar-refractivity contribution is -0.140. The molecule has 0 spiro atoms. The van der Waals surface area contributed by atoms with E-state index >= 15 is 0 Å². The van der Waals surface area contributed by atoms with Crippen LogP contribution in [0.2, 0.25) is 5.02 Å². The van der Waals surface area contributed by atoms with Crippen molar-refractivity contribution >= 4 is 27.6 Å². The maximum Gasteiger partial charge on any atom is 0.321 e. The average molecular weight is 386 g/mol. The molecule has 0 aromatic heterocycles. The molecule has 0 N–H and O–H groups in total. The minimum atomic E-state index is -4.30. The molecule has 0 aliphatic heterocycles. The Labute approximate surface area is 151 Å². The monoisotopic (exact) mass is 385 g/mol. The van der Waals surface area contributed by atoms with Gasteiger partial charge in [0, 0.05) is 6.54 Å². The van der Waals surface area contributed by atoms with Gasteiger partial charge in [0.1, 0.15) is 11.4 Å². The molecule has 0 atom stereocenters. The molecule has 0 fully saturated rings. The number of ether oxygens (including phenoxy) is 1. The molecule has 0 bridgehead atoms. The summed E-state index contributed by atoms with van der Waals surface area (Å²) in [5.74, 6) is -1.80. The minimum absolute atomic E-state index is 0.101. The summed E-state index contributed by atoms with van der Waals surface area (Å²) < 4.78 is 45.5. The summed E-state index contributed by atoms with van der Waals surface area (Å²) in [5.41, 5.74) is 1.54. The van der Waals surface area contributed by atoms with Crippen LogP contribution in [0.15, 0.2) is 47.4 Å². The van der Waals surface area contributed by atoms with Crippen molar-refractivity contribution < 1.29 is 22.3 Å². The first-order chi connectivity index (χ1) is 11.8. The molecule has 5 nitrogen and oxygen atoms in total. The third-order valence-corrected chi connectivity index (χ3v) is 5.78. The number of sulfonamides is 1. The first-order valence-electron chi connectivity index (χ1n) is 7.33. The summed E-state index contributed by atoms with van der Waals surface area (Å²) in [5, 5.41) is -0.310. The molecule has 0 aliphatic rings. The Morgan fingerprint density at radius 3 is 2.52 bits per heavy atom. The van der Waals surface area contributed by atoms with Gasteiger partial charge in [-0.2, -0.15) is 4.31 Å². The van der Waals surface area contributed by atoms with Crippen molar-refractivity contribution in [1.29, 1.82) is 0 Å². The maximum atomic E-state index is 14.2. The number of carbonyl (C=O) groups excluding carboxylic acids is 1. The van der Waals surface area contributed by atoms with Crippen LogP contribution in [0.25, 0.3) is 0 Å². The lowest BCUT2D eigenvalue weighted by Gasteiger charge is -2.22. The van der Waals surface area contributed by atoms with E-state index in [4.69, 9.17) is 11.6 Å². The third kappa shape index (κ3) is 4.36.